The molecule has 2 fully saturated rings. The number of aliphatic hydroxyl groups is 1. The molecule has 0 bridgehead atoms. The summed E-state index contributed by atoms with van der Waals surface area (Å²) in [5.74, 6) is -0.432. The monoisotopic (exact) mass is 394 g/mol. The maximum atomic E-state index is 12.5. The van der Waals surface area contributed by atoms with E-state index in [2.05, 4.69) is 15.6 Å². The Labute approximate surface area is 152 Å². The maximum absolute atomic E-state index is 12.5. The lowest BCUT2D eigenvalue weighted by atomic mass is 10.1. The van der Waals surface area contributed by atoms with Crippen molar-refractivity contribution in [2.75, 3.05) is 45.9 Å². The molecular formula is C14H23ClN4O5S. The fraction of sp³-hybridized carbons (Fsp3) is 0.643. The number of sulfonamides is 1. The number of nitrogens with zero attached hydrogens (tertiary/aromatic N) is 1. The SMILES string of the molecule is Cl.O=C(NCC1CNCC1O)c1cc(S(=O)(=O)N2CCOCC2)c[nH]1. The highest BCUT2D eigenvalue weighted by Crippen LogP contribution is 2.18. The van der Waals surface area contributed by atoms with Gasteiger partial charge in [-0.05, 0) is 6.07 Å². The van der Waals surface area contributed by atoms with Gasteiger partial charge in [0, 0.05) is 44.8 Å². The second-order valence-corrected chi connectivity index (χ2v) is 7.90. The summed E-state index contributed by atoms with van der Waals surface area (Å²) in [6.07, 6.45) is 0.845. The number of carbonyl (C=O) groups excluding carboxylic acids is 1. The zero-order valence-corrected chi connectivity index (χ0v) is 15.2. The van der Waals surface area contributed by atoms with Crippen LogP contribution in [0.5, 0.6) is 0 Å². The van der Waals surface area contributed by atoms with Crippen molar-refractivity contribution in [3.05, 3.63) is 18.0 Å². The fourth-order valence-electron chi connectivity index (χ4n) is 2.84. The van der Waals surface area contributed by atoms with E-state index in [1.54, 1.807) is 0 Å². The van der Waals surface area contributed by atoms with Crippen LogP contribution in [0.1, 0.15) is 10.5 Å². The molecule has 1 aromatic heterocycles. The van der Waals surface area contributed by atoms with Crippen molar-refractivity contribution < 1.29 is 23.1 Å². The van der Waals surface area contributed by atoms with Crippen LogP contribution in [0.3, 0.4) is 0 Å². The molecule has 1 aromatic rings. The van der Waals surface area contributed by atoms with Crippen LogP contribution >= 0.6 is 12.4 Å². The minimum atomic E-state index is -3.62. The number of hydrogen-bond acceptors (Lipinski definition) is 6. The molecule has 2 saturated heterocycles. The zero-order chi connectivity index (χ0) is 17.2. The highest BCUT2D eigenvalue weighted by atomic mass is 35.5. The van der Waals surface area contributed by atoms with Crippen molar-refractivity contribution in [1.82, 2.24) is 19.9 Å². The van der Waals surface area contributed by atoms with Crippen LogP contribution in [0.25, 0.3) is 0 Å². The first kappa shape index (κ1) is 20.1. The summed E-state index contributed by atoms with van der Waals surface area (Å²) in [6, 6.07) is 1.34. The molecule has 0 aliphatic carbocycles. The lowest BCUT2D eigenvalue weighted by molar-refractivity contribution is 0.0730. The van der Waals surface area contributed by atoms with Crippen LogP contribution in [0, 0.1) is 5.92 Å². The summed E-state index contributed by atoms with van der Waals surface area (Å²) < 4.78 is 31.5. The minimum Gasteiger partial charge on any atom is -0.391 e. The number of aliphatic hydroxyl groups excluding tert-OH is 1. The number of aromatic amines is 1. The molecule has 2 aliphatic rings. The highest BCUT2D eigenvalue weighted by molar-refractivity contribution is 7.89. The molecule has 3 heterocycles. The number of hydrogen-bond donors (Lipinski definition) is 4. The first-order chi connectivity index (χ1) is 11.5. The number of H-pyrrole nitrogens is 1. The molecule has 2 atom stereocenters. The third-order valence-corrected chi connectivity index (χ3v) is 6.21. The average molecular weight is 395 g/mol. The topological polar surface area (TPSA) is 124 Å². The van der Waals surface area contributed by atoms with E-state index < -0.39 is 22.0 Å². The number of carbonyl (C=O) groups is 1. The molecule has 3 rings (SSSR count). The molecule has 4 N–H and O–H groups in total. The second-order valence-electron chi connectivity index (χ2n) is 5.96. The normalized spacial score (nSPS) is 24.7. The Morgan fingerprint density at radius 1 is 1.36 bits per heavy atom. The predicted octanol–water partition coefficient (Wildman–Crippen LogP) is -1.23. The van der Waals surface area contributed by atoms with Gasteiger partial charge in [0.25, 0.3) is 5.91 Å². The standard InChI is InChI=1S/C14H22N4O5S.ClH/c19-13-9-15-6-10(13)7-17-14(20)12-5-11(8-16-12)24(21,22)18-1-3-23-4-2-18;/h5,8,10,13,15-16,19H,1-4,6-7,9H2,(H,17,20);1H. The van der Waals surface area contributed by atoms with Gasteiger partial charge in [0.05, 0.1) is 19.3 Å². The van der Waals surface area contributed by atoms with Gasteiger partial charge in [0.1, 0.15) is 10.6 Å². The molecule has 25 heavy (non-hydrogen) atoms. The van der Waals surface area contributed by atoms with Gasteiger partial charge >= 0.3 is 0 Å². The third kappa shape index (κ3) is 4.52. The van der Waals surface area contributed by atoms with Gasteiger partial charge < -0.3 is 25.5 Å². The number of aromatic nitrogens is 1. The van der Waals surface area contributed by atoms with E-state index in [0.29, 0.717) is 45.9 Å². The molecule has 0 aromatic carbocycles. The summed E-state index contributed by atoms with van der Waals surface area (Å²) >= 11 is 0. The summed E-state index contributed by atoms with van der Waals surface area (Å²) in [4.78, 5) is 14.9. The van der Waals surface area contributed by atoms with E-state index >= 15 is 0 Å². The molecule has 0 saturated carbocycles. The largest absolute Gasteiger partial charge is 0.391 e. The predicted molar refractivity (Wildman–Crippen MR) is 92.3 cm³/mol. The Bertz CT molecular complexity index is 689. The van der Waals surface area contributed by atoms with Gasteiger partial charge in [0.2, 0.25) is 10.0 Å². The Morgan fingerprint density at radius 3 is 2.72 bits per heavy atom. The molecule has 2 aliphatic heterocycles. The first-order valence-corrected chi connectivity index (χ1v) is 9.36. The van der Waals surface area contributed by atoms with Gasteiger partial charge in [-0.3, -0.25) is 4.79 Å². The third-order valence-electron chi connectivity index (χ3n) is 4.34. The van der Waals surface area contributed by atoms with Gasteiger partial charge in [-0.1, -0.05) is 0 Å². The molecule has 2 unspecified atom stereocenters. The smallest absolute Gasteiger partial charge is 0.267 e. The maximum Gasteiger partial charge on any atom is 0.267 e. The average Bonchev–Trinajstić information content (AvgIpc) is 3.23. The zero-order valence-electron chi connectivity index (χ0n) is 13.6. The molecule has 9 nitrogen and oxygen atoms in total. The van der Waals surface area contributed by atoms with Gasteiger partial charge in [-0.2, -0.15) is 4.31 Å². The van der Waals surface area contributed by atoms with Crippen LogP contribution in [0.2, 0.25) is 0 Å². The molecule has 0 spiro atoms. The van der Waals surface area contributed by atoms with Crippen molar-refractivity contribution in [3.8, 4) is 0 Å². The Morgan fingerprint density at radius 2 is 2.08 bits per heavy atom. The van der Waals surface area contributed by atoms with Gasteiger partial charge in [-0.25, -0.2) is 8.42 Å². The number of halogens is 1. The van der Waals surface area contributed by atoms with Crippen LogP contribution in [0.4, 0.5) is 0 Å². The molecule has 142 valence electrons. The van der Waals surface area contributed by atoms with Gasteiger partial charge in [0.15, 0.2) is 0 Å². The first-order valence-electron chi connectivity index (χ1n) is 7.92. The Balaban J connectivity index is 0.00000225. The van der Waals surface area contributed by atoms with Crippen LogP contribution in [-0.4, -0.2) is 80.8 Å². The van der Waals surface area contributed by atoms with Crippen molar-refractivity contribution >= 4 is 28.3 Å². The van der Waals surface area contributed by atoms with E-state index in [9.17, 15) is 18.3 Å². The molecule has 1 amide bonds. The van der Waals surface area contributed by atoms with Crippen molar-refractivity contribution in [3.63, 3.8) is 0 Å². The Hall–Kier alpha value is -1.17. The number of amides is 1. The van der Waals surface area contributed by atoms with Crippen LogP contribution in [0.15, 0.2) is 17.2 Å². The lowest BCUT2D eigenvalue weighted by Crippen LogP contribution is -2.40. The quantitative estimate of drug-likeness (QED) is 0.495. The van der Waals surface area contributed by atoms with Crippen molar-refractivity contribution in [2.45, 2.75) is 11.0 Å². The minimum absolute atomic E-state index is 0. The number of ether oxygens (including phenoxy) is 1. The number of β-amino-alcohol motifs (C(OH)–C–C–N with tert-alkyl or cyclic N) is 1. The summed E-state index contributed by atoms with van der Waals surface area (Å²) in [5.41, 5.74) is 0.183. The van der Waals surface area contributed by atoms with Gasteiger partial charge in [-0.15, -0.1) is 12.4 Å². The molecule has 11 heteroatoms. The molecular weight excluding hydrogens is 372 g/mol. The van der Waals surface area contributed by atoms with Crippen LogP contribution < -0.4 is 10.6 Å². The number of nitrogens with one attached hydrogen (secondary N) is 3. The summed E-state index contributed by atoms with van der Waals surface area (Å²) in [6.45, 7) is 2.85. The van der Waals surface area contributed by atoms with E-state index in [1.165, 1.54) is 16.6 Å². The van der Waals surface area contributed by atoms with Crippen LogP contribution in [-0.2, 0) is 14.8 Å². The lowest BCUT2D eigenvalue weighted by Gasteiger charge is -2.25. The van der Waals surface area contributed by atoms with Crippen molar-refractivity contribution in [2.24, 2.45) is 5.92 Å². The summed E-state index contributed by atoms with van der Waals surface area (Å²) in [5, 5.41) is 15.5. The fourth-order valence-corrected chi connectivity index (χ4v) is 4.24. The van der Waals surface area contributed by atoms with E-state index in [0.717, 1.165) is 0 Å². The van der Waals surface area contributed by atoms with E-state index in [4.69, 9.17) is 4.74 Å². The van der Waals surface area contributed by atoms with Crippen molar-refractivity contribution in [1.29, 1.82) is 0 Å². The highest BCUT2D eigenvalue weighted by Gasteiger charge is 2.29. The molecule has 0 radical (unpaired) electrons. The Kier molecular flexibility index (Phi) is 6.83. The van der Waals surface area contributed by atoms with E-state index in [1.807, 2.05) is 0 Å². The number of morpholine rings is 1. The second kappa shape index (κ2) is 8.47. The van der Waals surface area contributed by atoms with E-state index in [-0.39, 0.29) is 28.9 Å². The summed E-state index contributed by atoms with van der Waals surface area (Å²) in [7, 11) is -3.62. The number of rotatable bonds is 5.